The summed E-state index contributed by atoms with van der Waals surface area (Å²) in [4.78, 5) is 14.6. The van der Waals surface area contributed by atoms with Crippen molar-refractivity contribution in [2.75, 3.05) is 9.91 Å². The molecule has 1 unspecified atom stereocenters. The summed E-state index contributed by atoms with van der Waals surface area (Å²) in [6.45, 7) is 1.90. The number of para-hydroxylation sites is 1. The standard InChI is InChI=1S/C29H23Cl2N3O2/c1-20(35)28-32-34(25-15-13-23(30)14-16-25)29(33(28)24-8-3-2-4-9-24)21-11-17-26(18-12-21)36-19-22-7-5-6-10-27(22)31/h2-18,29H,19H2,1H3. The Bertz CT molecular complexity index is 1390. The average molecular weight is 516 g/mol. The molecule has 0 aliphatic carbocycles. The smallest absolute Gasteiger partial charge is 0.198 e. The molecule has 0 saturated carbocycles. The number of halogens is 2. The molecule has 5 nitrogen and oxygen atoms in total. The molecule has 0 aromatic heterocycles. The fraction of sp³-hybridized carbons (Fsp3) is 0.103. The SMILES string of the molecule is CC(=O)C1=NN(c2ccc(Cl)cc2)C(c2ccc(OCc3ccccc3Cl)cc2)N1c1ccccc1. The lowest BCUT2D eigenvalue weighted by atomic mass is 10.1. The fourth-order valence-electron chi connectivity index (χ4n) is 4.12. The van der Waals surface area contributed by atoms with Crippen LogP contribution in [0.5, 0.6) is 5.75 Å². The lowest BCUT2D eigenvalue weighted by Gasteiger charge is -2.32. The van der Waals surface area contributed by atoms with Gasteiger partial charge in [-0.25, -0.2) is 5.01 Å². The maximum atomic E-state index is 12.7. The predicted molar refractivity (Wildman–Crippen MR) is 146 cm³/mol. The minimum Gasteiger partial charge on any atom is -0.489 e. The van der Waals surface area contributed by atoms with Gasteiger partial charge in [-0.05, 0) is 60.2 Å². The first-order chi connectivity index (χ1) is 17.5. The van der Waals surface area contributed by atoms with Crippen molar-refractivity contribution in [3.05, 3.63) is 124 Å². The number of Topliss-reactive ketones (excluding diaryl/α,β-unsaturated/α-hetero) is 1. The number of hydrazone groups is 1. The Labute approximate surface area is 220 Å². The largest absolute Gasteiger partial charge is 0.489 e. The summed E-state index contributed by atoms with van der Waals surface area (Å²) in [6, 6.07) is 32.6. The van der Waals surface area contributed by atoms with Crippen LogP contribution in [-0.4, -0.2) is 11.6 Å². The Kier molecular flexibility index (Phi) is 6.94. The summed E-state index contributed by atoms with van der Waals surface area (Å²) < 4.78 is 5.98. The summed E-state index contributed by atoms with van der Waals surface area (Å²) in [5.74, 6) is 0.953. The maximum absolute atomic E-state index is 12.7. The van der Waals surface area contributed by atoms with E-state index < -0.39 is 0 Å². The van der Waals surface area contributed by atoms with Gasteiger partial charge < -0.3 is 4.74 Å². The molecule has 0 bridgehead atoms. The average Bonchev–Trinajstić information content (AvgIpc) is 3.30. The molecule has 0 fully saturated rings. The topological polar surface area (TPSA) is 45.1 Å². The van der Waals surface area contributed by atoms with Gasteiger partial charge in [-0.2, -0.15) is 0 Å². The molecule has 4 aromatic rings. The molecule has 1 heterocycles. The van der Waals surface area contributed by atoms with E-state index in [-0.39, 0.29) is 11.9 Å². The second-order valence-electron chi connectivity index (χ2n) is 8.33. The number of amidine groups is 1. The van der Waals surface area contributed by atoms with Gasteiger partial charge in [-0.3, -0.25) is 9.69 Å². The minimum absolute atomic E-state index is 0.125. The number of hydrogen-bond donors (Lipinski definition) is 0. The normalized spacial score (nSPS) is 15.1. The van der Waals surface area contributed by atoms with Crippen LogP contribution in [0.4, 0.5) is 11.4 Å². The number of carbonyl (C=O) groups excluding carboxylic acids is 1. The van der Waals surface area contributed by atoms with Crippen LogP contribution < -0.4 is 14.6 Å². The third kappa shape index (κ3) is 4.94. The molecule has 1 aliphatic rings. The van der Waals surface area contributed by atoms with Crippen LogP contribution in [0.3, 0.4) is 0 Å². The van der Waals surface area contributed by atoms with Gasteiger partial charge in [-0.15, -0.1) is 5.10 Å². The van der Waals surface area contributed by atoms with E-state index in [9.17, 15) is 4.79 Å². The zero-order valence-corrected chi connectivity index (χ0v) is 21.0. The Balaban J connectivity index is 1.50. The molecule has 0 radical (unpaired) electrons. The Morgan fingerprint density at radius 2 is 1.50 bits per heavy atom. The molecule has 0 saturated heterocycles. The van der Waals surface area contributed by atoms with Crippen LogP contribution in [0, 0.1) is 0 Å². The summed E-state index contributed by atoms with van der Waals surface area (Å²) in [7, 11) is 0. The summed E-state index contributed by atoms with van der Waals surface area (Å²) in [5.41, 5.74) is 3.55. The fourth-order valence-corrected chi connectivity index (χ4v) is 4.43. The van der Waals surface area contributed by atoms with Crippen LogP contribution >= 0.6 is 23.2 Å². The number of nitrogens with zero attached hydrogens (tertiary/aromatic N) is 3. The van der Waals surface area contributed by atoms with Crippen molar-refractivity contribution < 1.29 is 9.53 Å². The third-order valence-corrected chi connectivity index (χ3v) is 6.50. The van der Waals surface area contributed by atoms with Crippen LogP contribution in [-0.2, 0) is 11.4 Å². The zero-order valence-electron chi connectivity index (χ0n) is 19.5. The van der Waals surface area contributed by atoms with E-state index in [0.717, 1.165) is 22.5 Å². The summed E-state index contributed by atoms with van der Waals surface area (Å²) in [5, 5.41) is 7.90. The van der Waals surface area contributed by atoms with E-state index >= 15 is 0 Å². The first-order valence-corrected chi connectivity index (χ1v) is 12.2. The van der Waals surface area contributed by atoms with Crippen molar-refractivity contribution in [1.82, 2.24) is 0 Å². The van der Waals surface area contributed by atoms with Crippen LogP contribution in [0.1, 0.15) is 24.2 Å². The van der Waals surface area contributed by atoms with Gasteiger partial charge in [0.05, 0.1) is 5.69 Å². The quantitative estimate of drug-likeness (QED) is 0.255. The predicted octanol–water partition coefficient (Wildman–Crippen LogP) is 7.50. The lowest BCUT2D eigenvalue weighted by Crippen LogP contribution is -2.37. The molecule has 0 amide bonds. The van der Waals surface area contributed by atoms with Gasteiger partial charge in [0.25, 0.3) is 0 Å². The molecule has 5 rings (SSSR count). The third-order valence-electron chi connectivity index (χ3n) is 5.88. The van der Waals surface area contributed by atoms with E-state index in [1.807, 2.05) is 113 Å². The van der Waals surface area contributed by atoms with Crippen molar-refractivity contribution in [2.24, 2.45) is 5.10 Å². The van der Waals surface area contributed by atoms with E-state index in [1.165, 1.54) is 6.92 Å². The van der Waals surface area contributed by atoms with Crippen LogP contribution in [0.15, 0.2) is 108 Å². The van der Waals surface area contributed by atoms with Crippen molar-refractivity contribution in [1.29, 1.82) is 0 Å². The van der Waals surface area contributed by atoms with Crippen molar-refractivity contribution in [3.8, 4) is 5.75 Å². The minimum atomic E-state index is -0.384. The molecule has 4 aromatic carbocycles. The van der Waals surface area contributed by atoms with Gasteiger partial charge >= 0.3 is 0 Å². The zero-order chi connectivity index (χ0) is 25.1. The highest BCUT2D eigenvalue weighted by Crippen LogP contribution is 2.39. The van der Waals surface area contributed by atoms with E-state index in [2.05, 4.69) is 0 Å². The first kappa shape index (κ1) is 23.9. The number of ketones is 1. The molecule has 36 heavy (non-hydrogen) atoms. The number of rotatable bonds is 7. The van der Waals surface area contributed by atoms with Gasteiger partial charge in [0.2, 0.25) is 0 Å². The highest BCUT2D eigenvalue weighted by atomic mass is 35.5. The molecule has 1 atom stereocenters. The number of ether oxygens (including phenoxy) is 1. The summed E-state index contributed by atoms with van der Waals surface area (Å²) in [6.07, 6.45) is -0.384. The molecule has 0 spiro atoms. The van der Waals surface area contributed by atoms with Crippen LogP contribution in [0.2, 0.25) is 10.0 Å². The van der Waals surface area contributed by atoms with Crippen LogP contribution in [0.25, 0.3) is 0 Å². The van der Waals surface area contributed by atoms with Gasteiger partial charge in [0, 0.05) is 28.2 Å². The Hall–Kier alpha value is -3.80. The van der Waals surface area contributed by atoms with Crippen molar-refractivity contribution in [3.63, 3.8) is 0 Å². The first-order valence-electron chi connectivity index (χ1n) is 11.5. The van der Waals surface area contributed by atoms with Gasteiger partial charge in [-0.1, -0.05) is 71.7 Å². The van der Waals surface area contributed by atoms with E-state index in [0.29, 0.717) is 28.2 Å². The highest BCUT2D eigenvalue weighted by Gasteiger charge is 2.39. The monoisotopic (exact) mass is 515 g/mol. The number of carbonyl (C=O) groups is 1. The number of anilines is 2. The molecule has 7 heteroatoms. The maximum Gasteiger partial charge on any atom is 0.198 e. The van der Waals surface area contributed by atoms with E-state index in [1.54, 1.807) is 0 Å². The molecular formula is C29H23Cl2N3O2. The second-order valence-corrected chi connectivity index (χ2v) is 9.17. The van der Waals surface area contributed by atoms with E-state index in [4.69, 9.17) is 33.0 Å². The number of benzene rings is 4. The Morgan fingerprint density at radius 3 is 2.17 bits per heavy atom. The van der Waals surface area contributed by atoms with Gasteiger partial charge in [0.1, 0.15) is 12.4 Å². The Morgan fingerprint density at radius 1 is 0.833 bits per heavy atom. The van der Waals surface area contributed by atoms with Crippen molar-refractivity contribution >= 4 is 46.2 Å². The lowest BCUT2D eigenvalue weighted by molar-refractivity contribution is -0.111. The molecule has 0 N–H and O–H groups in total. The number of hydrogen-bond acceptors (Lipinski definition) is 5. The second kappa shape index (κ2) is 10.4. The van der Waals surface area contributed by atoms with Crippen molar-refractivity contribution in [2.45, 2.75) is 19.7 Å². The van der Waals surface area contributed by atoms with Gasteiger partial charge in [0.15, 0.2) is 17.8 Å². The molecular weight excluding hydrogens is 493 g/mol. The summed E-state index contributed by atoms with van der Waals surface area (Å²) >= 11 is 12.4. The molecule has 1 aliphatic heterocycles. The highest BCUT2D eigenvalue weighted by molar-refractivity contribution is 6.44. The molecule has 180 valence electrons.